The Morgan fingerprint density at radius 3 is 2.56 bits per heavy atom. The van der Waals surface area contributed by atoms with Crippen LogP contribution in [-0.2, 0) is 6.42 Å². The lowest BCUT2D eigenvalue weighted by Crippen LogP contribution is -1.87. The van der Waals surface area contributed by atoms with Crippen LogP contribution < -0.4 is 0 Å². The van der Waals surface area contributed by atoms with E-state index in [9.17, 15) is 5.26 Å². The first-order valence-electron chi connectivity index (χ1n) is 8.35. The van der Waals surface area contributed by atoms with Crippen LogP contribution in [0, 0.1) is 25.2 Å². The first-order chi connectivity index (χ1) is 12.1. The van der Waals surface area contributed by atoms with E-state index in [-0.39, 0.29) is 0 Å². The Morgan fingerprint density at radius 2 is 1.92 bits per heavy atom. The van der Waals surface area contributed by atoms with E-state index >= 15 is 0 Å². The zero-order valence-electron chi connectivity index (χ0n) is 14.7. The molecule has 0 radical (unpaired) electrons. The highest BCUT2D eigenvalue weighted by molar-refractivity contribution is 7.11. The molecule has 0 saturated heterocycles. The van der Waals surface area contributed by atoms with Gasteiger partial charge in [-0.3, -0.25) is 0 Å². The fourth-order valence-electron chi connectivity index (χ4n) is 2.78. The van der Waals surface area contributed by atoms with E-state index in [2.05, 4.69) is 69.3 Å². The molecule has 0 unspecified atom stereocenters. The summed E-state index contributed by atoms with van der Waals surface area (Å²) in [6, 6.07) is 16.9. The molecule has 3 aromatic rings. The topological polar surface area (TPSA) is 36.7 Å². The van der Waals surface area contributed by atoms with Crippen molar-refractivity contribution in [3.63, 3.8) is 0 Å². The van der Waals surface area contributed by atoms with Crippen LogP contribution in [0.25, 0.3) is 22.9 Å². The summed E-state index contributed by atoms with van der Waals surface area (Å²) >= 11 is 1.51. The maximum absolute atomic E-state index is 9.56. The molecule has 3 heteroatoms. The average Bonchev–Trinajstić information content (AvgIpc) is 3.09. The molecule has 1 heterocycles. The largest absolute Gasteiger partial charge is 0.235 e. The number of aromatic nitrogens is 1. The molecular formula is C22H20N2S. The van der Waals surface area contributed by atoms with Gasteiger partial charge in [0, 0.05) is 10.9 Å². The van der Waals surface area contributed by atoms with E-state index in [1.165, 1.54) is 28.0 Å². The van der Waals surface area contributed by atoms with Crippen LogP contribution in [0.2, 0.25) is 0 Å². The number of nitrogens with zero attached hydrogens (tertiary/aromatic N) is 2. The number of allylic oxidation sites excluding steroid dienone is 1. The number of thiazole rings is 1. The maximum Gasteiger partial charge on any atom is 0.134 e. The van der Waals surface area contributed by atoms with Gasteiger partial charge in [-0.1, -0.05) is 55.0 Å². The highest BCUT2D eigenvalue weighted by Gasteiger charge is 2.11. The quantitative estimate of drug-likeness (QED) is 0.540. The van der Waals surface area contributed by atoms with Gasteiger partial charge in [0.05, 0.1) is 11.3 Å². The summed E-state index contributed by atoms with van der Waals surface area (Å²) < 4.78 is 0. The average molecular weight is 344 g/mol. The molecule has 0 fully saturated rings. The second kappa shape index (κ2) is 7.46. The van der Waals surface area contributed by atoms with Crippen LogP contribution >= 0.6 is 11.3 Å². The van der Waals surface area contributed by atoms with E-state index in [4.69, 9.17) is 4.98 Å². The minimum Gasteiger partial charge on any atom is -0.235 e. The fraction of sp³-hybridized carbons (Fsp3) is 0.182. The Balaban J connectivity index is 1.93. The van der Waals surface area contributed by atoms with Gasteiger partial charge >= 0.3 is 0 Å². The van der Waals surface area contributed by atoms with Gasteiger partial charge in [-0.2, -0.15) is 5.26 Å². The van der Waals surface area contributed by atoms with Crippen molar-refractivity contribution in [2.45, 2.75) is 27.2 Å². The van der Waals surface area contributed by atoms with Gasteiger partial charge in [0.1, 0.15) is 11.1 Å². The van der Waals surface area contributed by atoms with Crippen molar-refractivity contribution in [2.75, 3.05) is 0 Å². The monoisotopic (exact) mass is 344 g/mol. The molecule has 0 aliphatic heterocycles. The molecule has 0 aliphatic rings. The van der Waals surface area contributed by atoms with Crippen LogP contribution in [0.1, 0.15) is 34.2 Å². The highest BCUT2D eigenvalue weighted by atomic mass is 32.1. The van der Waals surface area contributed by atoms with Crippen molar-refractivity contribution in [3.8, 4) is 17.3 Å². The van der Waals surface area contributed by atoms with Crippen LogP contribution in [-0.4, -0.2) is 4.98 Å². The summed E-state index contributed by atoms with van der Waals surface area (Å²) in [7, 11) is 0. The van der Waals surface area contributed by atoms with Gasteiger partial charge in [0.15, 0.2) is 0 Å². The van der Waals surface area contributed by atoms with Gasteiger partial charge in [-0.15, -0.1) is 11.3 Å². The normalized spacial score (nSPS) is 11.4. The Labute approximate surface area is 153 Å². The first kappa shape index (κ1) is 17.1. The molecule has 0 N–H and O–H groups in total. The second-order valence-corrected chi connectivity index (χ2v) is 6.98. The summed E-state index contributed by atoms with van der Waals surface area (Å²) in [4.78, 5) is 4.70. The predicted octanol–water partition coefficient (Wildman–Crippen LogP) is 6.05. The maximum atomic E-state index is 9.56. The number of hydrogen-bond donors (Lipinski definition) is 0. The third kappa shape index (κ3) is 3.87. The van der Waals surface area contributed by atoms with Crippen molar-refractivity contribution in [2.24, 2.45) is 0 Å². The summed E-state index contributed by atoms with van der Waals surface area (Å²) in [5, 5.41) is 12.3. The van der Waals surface area contributed by atoms with Gasteiger partial charge < -0.3 is 0 Å². The lowest BCUT2D eigenvalue weighted by atomic mass is 10.0. The summed E-state index contributed by atoms with van der Waals surface area (Å²) in [6.45, 7) is 6.32. The molecular weight excluding hydrogens is 324 g/mol. The molecule has 0 saturated carbocycles. The number of hydrogen-bond acceptors (Lipinski definition) is 3. The Kier molecular flexibility index (Phi) is 5.11. The molecule has 2 nitrogen and oxygen atoms in total. The molecule has 25 heavy (non-hydrogen) atoms. The predicted molar refractivity (Wildman–Crippen MR) is 106 cm³/mol. The highest BCUT2D eigenvalue weighted by Crippen LogP contribution is 2.29. The van der Waals surface area contributed by atoms with Gasteiger partial charge in [0.25, 0.3) is 0 Å². The lowest BCUT2D eigenvalue weighted by Gasteiger charge is -2.03. The number of nitriles is 1. The molecule has 0 bridgehead atoms. The number of rotatable bonds is 4. The zero-order valence-corrected chi connectivity index (χ0v) is 15.5. The summed E-state index contributed by atoms with van der Waals surface area (Å²) in [6.07, 6.45) is 2.92. The number of benzene rings is 2. The van der Waals surface area contributed by atoms with Gasteiger partial charge in [-0.25, -0.2) is 4.98 Å². The first-order valence-corrected chi connectivity index (χ1v) is 9.23. The Hall–Kier alpha value is -2.70. The van der Waals surface area contributed by atoms with E-state index in [0.29, 0.717) is 5.57 Å². The van der Waals surface area contributed by atoms with Crippen LogP contribution in [0.4, 0.5) is 0 Å². The SMILES string of the molecule is CCc1ccc(C=C(C#N)c2nc(-c3ccc(C)cc3C)cs2)cc1. The van der Waals surface area contributed by atoms with E-state index in [1.807, 2.05) is 11.5 Å². The Bertz CT molecular complexity index is 956. The Morgan fingerprint density at radius 1 is 1.16 bits per heavy atom. The second-order valence-electron chi connectivity index (χ2n) is 6.12. The van der Waals surface area contributed by atoms with E-state index < -0.39 is 0 Å². The van der Waals surface area contributed by atoms with Crippen LogP contribution in [0.15, 0.2) is 47.8 Å². The van der Waals surface area contributed by atoms with Crippen molar-refractivity contribution < 1.29 is 0 Å². The minimum absolute atomic E-state index is 0.602. The van der Waals surface area contributed by atoms with Crippen molar-refractivity contribution in [1.82, 2.24) is 4.98 Å². The summed E-state index contributed by atoms with van der Waals surface area (Å²) in [5.74, 6) is 0. The van der Waals surface area contributed by atoms with Crippen LogP contribution in [0.3, 0.4) is 0 Å². The van der Waals surface area contributed by atoms with E-state index in [1.54, 1.807) is 0 Å². The van der Waals surface area contributed by atoms with Crippen molar-refractivity contribution in [1.29, 1.82) is 5.26 Å². The van der Waals surface area contributed by atoms with Crippen molar-refractivity contribution in [3.05, 3.63) is 75.1 Å². The molecule has 3 rings (SSSR count). The molecule has 124 valence electrons. The van der Waals surface area contributed by atoms with Crippen LogP contribution in [0.5, 0.6) is 0 Å². The van der Waals surface area contributed by atoms with Crippen molar-refractivity contribution >= 4 is 23.0 Å². The third-order valence-corrected chi connectivity index (χ3v) is 5.09. The van der Waals surface area contributed by atoms with Gasteiger partial charge in [-0.05, 0) is 43.0 Å². The number of aryl methyl sites for hydroxylation is 3. The molecule has 0 amide bonds. The zero-order chi connectivity index (χ0) is 17.8. The van der Waals surface area contributed by atoms with E-state index in [0.717, 1.165) is 28.2 Å². The van der Waals surface area contributed by atoms with Gasteiger partial charge in [0.2, 0.25) is 0 Å². The molecule has 0 aliphatic carbocycles. The smallest absolute Gasteiger partial charge is 0.134 e. The molecule has 0 atom stereocenters. The molecule has 1 aromatic heterocycles. The minimum atomic E-state index is 0.602. The summed E-state index contributed by atoms with van der Waals surface area (Å²) in [5.41, 5.74) is 7.42. The standard InChI is InChI=1S/C22H20N2S/c1-4-17-6-8-18(9-7-17)12-19(13-23)22-24-21(14-25-22)20-10-5-15(2)11-16(20)3/h5-12,14H,4H2,1-3H3. The third-order valence-electron chi connectivity index (χ3n) is 4.21. The fourth-order valence-corrected chi connectivity index (χ4v) is 3.57. The molecule has 2 aromatic carbocycles. The lowest BCUT2D eigenvalue weighted by molar-refractivity contribution is 1.14. The molecule has 0 spiro atoms.